The van der Waals surface area contributed by atoms with Gasteiger partial charge in [0.2, 0.25) is 0 Å². The molecule has 0 fully saturated rings. The van der Waals surface area contributed by atoms with Gasteiger partial charge in [0.05, 0.1) is 6.61 Å². The molecule has 1 heterocycles. The van der Waals surface area contributed by atoms with Crippen LogP contribution in [0.2, 0.25) is 0 Å². The number of carbonyl (C=O) groups is 1. The van der Waals surface area contributed by atoms with Gasteiger partial charge in [-0.25, -0.2) is 0 Å². The summed E-state index contributed by atoms with van der Waals surface area (Å²) in [6, 6.07) is 11.8. The van der Waals surface area contributed by atoms with Gasteiger partial charge in [-0.15, -0.1) is 11.8 Å². The minimum absolute atomic E-state index is 0.119. The maximum absolute atomic E-state index is 12.4. The smallest absolute Gasteiger partial charge is 0.326 e. The number of anilines is 1. The molecule has 5 nitrogen and oxygen atoms in total. The Hall–Kier alpha value is -2.21. The fourth-order valence-electron chi connectivity index (χ4n) is 2.14. The summed E-state index contributed by atoms with van der Waals surface area (Å²) in [6.45, 7) is 3.68. The van der Waals surface area contributed by atoms with Crippen LogP contribution in [0.3, 0.4) is 0 Å². The van der Waals surface area contributed by atoms with Gasteiger partial charge < -0.3 is 10.5 Å². The first kappa shape index (κ1) is 17.1. The number of nitrogens with zero attached hydrogens (tertiary/aromatic N) is 1. The average molecular weight is 332 g/mol. The van der Waals surface area contributed by atoms with E-state index in [4.69, 9.17) is 10.5 Å². The van der Waals surface area contributed by atoms with Crippen LogP contribution in [0.1, 0.15) is 18.2 Å². The van der Waals surface area contributed by atoms with Crippen molar-refractivity contribution in [3.8, 4) is 0 Å². The van der Waals surface area contributed by atoms with Crippen LogP contribution >= 0.6 is 11.8 Å². The number of thioether (sulfide) groups is 1. The van der Waals surface area contributed by atoms with Gasteiger partial charge in [0.25, 0.3) is 5.56 Å². The van der Waals surface area contributed by atoms with Crippen molar-refractivity contribution < 1.29 is 9.53 Å². The van der Waals surface area contributed by atoms with Gasteiger partial charge in [-0.05, 0) is 25.5 Å². The third-order valence-corrected chi connectivity index (χ3v) is 4.46. The molecule has 0 atom stereocenters. The molecule has 1 aromatic carbocycles. The number of ether oxygens (including phenoxy) is 1. The maximum Gasteiger partial charge on any atom is 0.326 e. The van der Waals surface area contributed by atoms with Gasteiger partial charge in [-0.3, -0.25) is 14.2 Å². The predicted octanol–water partition coefficient (Wildman–Crippen LogP) is 2.59. The highest BCUT2D eigenvalue weighted by atomic mass is 32.2. The Kier molecular flexibility index (Phi) is 5.87. The van der Waals surface area contributed by atoms with Crippen LogP contribution in [0.15, 0.2) is 46.1 Å². The molecule has 6 heteroatoms. The van der Waals surface area contributed by atoms with E-state index in [1.54, 1.807) is 13.8 Å². The molecule has 0 spiro atoms. The Morgan fingerprint density at radius 1 is 1.30 bits per heavy atom. The van der Waals surface area contributed by atoms with Crippen molar-refractivity contribution in [1.29, 1.82) is 0 Å². The van der Waals surface area contributed by atoms with Crippen molar-refractivity contribution in [2.75, 3.05) is 12.3 Å². The van der Waals surface area contributed by atoms with E-state index >= 15 is 0 Å². The third kappa shape index (κ3) is 4.39. The van der Waals surface area contributed by atoms with Gasteiger partial charge >= 0.3 is 5.97 Å². The number of aryl methyl sites for hydroxylation is 1. The molecular weight excluding hydrogens is 312 g/mol. The minimum Gasteiger partial charge on any atom is -0.465 e. The monoisotopic (exact) mass is 332 g/mol. The molecule has 0 saturated carbocycles. The SMILES string of the molecule is CCOC(=O)Cn1c(C)cc(SCc2ccccc2)c(N)c1=O. The number of nitrogens with two attached hydrogens (primary N) is 1. The molecule has 23 heavy (non-hydrogen) atoms. The molecule has 2 aromatic rings. The predicted molar refractivity (Wildman–Crippen MR) is 92.5 cm³/mol. The van der Waals surface area contributed by atoms with E-state index in [0.29, 0.717) is 5.69 Å². The normalized spacial score (nSPS) is 10.5. The summed E-state index contributed by atoms with van der Waals surface area (Å²) >= 11 is 1.51. The van der Waals surface area contributed by atoms with Crippen molar-refractivity contribution in [2.24, 2.45) is 0 Å². The highest BCUT2D eigenvalue weighted by Gasteiger charge is 2.14. The summed E-state index contributed by atoms with van der Waals surface area (Å²) in [5, 5.41) is 0. The van der Waals surface area contributed by atoms with Crippen molar-refractivity contribution in [2.45, 2.75) is 31.0 Å². The molecule has 2 rings (SSSR count). The van der Waals surface area contributed by atoms with Crippen molar-refractivity contribution >= 4 is 23.4 Å². The second-order valence-corrected chi connectivity index (χ2v) is 6.05. The first-order valence-electron chi connectivity index (χ1n) is 7.35. The number of hydrogen-bond donors (Lipinski definition) is 1. The second kappa shape index (κ2) is 7.87. The van der Waals surface area contributed by atoms with Crippen LogP contribution in [0.25, 0.3) is 0 Å². The van der Waals surface area contributed by atoms with Crippen LogP contribution in [0.5, 0.6) is 0 Å². The minimum atomic E-state index is -0.443. The zero-order valence-electron chi connectivity index (χ0n) is 13.2. The lowest BCUT2D eigenvalue weighted by Crippen LogP contribution is -2.29. The lowest BCUT2D eigenvalue weighted by atomic mass is 10.2. The second-order valence-electron chi connectivity index (χ2n) is 5.03. The third-order valence-electron chi connectivity index (χ3n) is 3.34. The molecule has 0 aliphatic rings. The Balaban J connectivity index is 2.20. The Bertz CT molecular complexity index is 741. The van der Waals surface area contributed by atoms with Gasteiger partial charge in [-0.1, -0.05) is 30.3 Å². The number of aromatic nitrogens is 1. The molecule has 0 aliphatic heterocycles. The summed E-state index contributed by atoms with van der Waals surface area (Å²) in [5.41, 5.74) is 7.62. The zero-order valence-corrected chi connectivity index (χ0v) is 14.1. The maximum atomic E-state index is 12.4. The van der Waals surface area contributed by atoms with Crippen molar-refractivity contribution in [1.82, 2.24) is 4.57 Å². The molecule has 0 unspecified atom stereocenters. The van der Waals surface area contributed by atoms with E-state index in [9.17, 15) is 9.59 Å². The molecule has 2 N–H and O–H groups in total. The summed E-state index contributed by atoms with van der Waals surface area (Å²) in [7, 11) is 0. The van der Waals surface area contributed by atoms with E-state index in [1.807, 2.05) is 36.4 Å². The van der Waals surface area contributed by atoms with Gasteiger partial charge in [0, 0.05) is 16.3 Å². The van der Waals surface area contributed by atoms with E-state index < -0.39 is 5.97 Å². The van der Waals surface area contributed by atoms with Crippen molar-refractivity contribution in [3.05, 3.63) is 58.0 Å². The number of pyridine rings is 1. The topological polar surface area (TPSA) is 74.3 Å². The van der Waals surface area contributed by atoms with Crippen LogP contribution < -0.4 is 11.3 Å². The van der Waals surface area contributed by atoms with Crippen molar-refractivity contribution in [3.63, 3.8) is 0 Å². The number of hydrogen-bond acceptors (Lipinski definition) is 5. The molecule has 0 bridgehead atoms. The molecule has 0 amide bonds. The quantitative estimate of drug-likeness (QED) is 0.650. The number of nitrogen functional groups attached to an aromatic ring is 1. The van der Waals surface area contributed by atoms with E-state index in [0.717, 1.165) is 16.2 Å². The highest BCUT2D eigenvalue weighted by molar-refractivity contribution is 7.98. The molecular formula is C17H20N2O3S. The van der Waals surface area contributed by atoms with Crippen LogP contribution in [-0.4, -0.2) is 17.1 Å². The number of carbonyl (C=O) groups excluding carboxylic acids is 1. The molecule has 0 saturated heterocycles. The first-order chi connectivity index (χ1) is 11.0. The summed E-state index contributed by atoms with van der Waals surface area (Å²) in [4.78, 5) is 24.7. The van der Waals surface area contributed by atoms with Gasteiger partial charge in [0.1, 0.15) is 12.2 Å². The summed E-state index contributed by atoms with van der Waals surface area (Å²) in [5.74, 6) is 0.285. The summed E-state index contributed by atoms with van der Waals surface area (Å²) in [6.07, 6.45) is 0. The zero-order chi connectivity index (χ0) is 16.8. The van der Waals surface area contributed by atoms with Crippen LogP contribution in [0.4, 0.5) is 5.69 Å². The lowest BCUT2D eigenvalue weighted by Gasteiger charge is -2.13. The number of benzene rings is 1. The Labute approximate surface area is 139 Å². The van der Waals surface area contributed by atoms with E-state index in [1.165, 1.54) is 16.3 Å². The number of rotatable bonds is 6. The van der Waals surface area contributed by atoms with E-state index in [-0.39, 0.29) is 24.4 Å². The molecule has 0 aliphatic carbocycles. The standard InChI is InChI=1S/C17H20N2O3S/c1-3-22-15(20)10-19-12(2)9-14(16(18)17(19)21)23-11-13-7-5-4-6-8-13/h4-9H,3,10-11,18H2,1-2H3. The van der Waals surface area contributed by atoms with Gasteiger partial charge in [0.15, 0.2) is 0 Å². The lowest BCUT2D eigenvalue weighted by molar-refractivity contribution is -0.143. The first-order valence-corrected chi connectivity index (χ1v) is 8.33. The Morgan fingerprint density at radius 3 is 2.65 bits per heavy atom. The van der Waals surface area contributed by atoms with E-state index in [2.05, 4.69) is 0 Å². The number of esters is 1. The fraction of sp³-hybridized carbons (Fsp3) is 0.294. The molecule has 122 valence electrons. The Morgan fingerprint density at radius 2 is 2.00 bits per heavy atom. The largest absolute Gasteiger partial charge is 0.465 e. The average Bonchev–Trinajstić information content (AvgIpc) is 2.55. The van der Waals surface area contributed by atoms with Crippen LogP contribution in [0, 0.1) is 6.92 Å². The molecule has 0 radical (unpaired) electrons. The highest BCUT2D eigenvalue weighted by Crippen LogP contribution is 2.26. The summed E-state index contributed by atoms with van der Waals surface area (Å²) < 4.78 is 6.23. The molecule has 1 aromatic heterocycles. The fourth-order valence-corrected chi connectivity index (χ4v) is 3.15. The van der Waals surface area contributed by atoms with Crippen LogP contribution in [-0.2, 0) is 21.8 Å². The van der Waals surface area contributed by atoms with Gasteiger partial charge in [-0.2, -0.15) is 0 Å².